The lowest BCUT2D eigenvalue weighted by Crippen LogP contribution is -2.55. The van der Waals surface area contributed by atoms with Gasteiger partial charge in [-0.25, -0.2) is 0 Å². The van der Waals surface area contributed by atoms with Crippen LogP contribution in [0.15, 0.2) is 0 Å². The lowest BCUT2D eigenvalue weighted by atomic mass is 9.70. The van der Waals surface area contributed by atoms with E-state index in [4.69, 9.17) is 16.6 Å². The number of nitrogens with two attached hydrogens (primary N) is 2. The molecule has 0 radical (unpaired) electrons. The van der Waals surface area contributed by atoms with Crippen LogP contribution in [0.2, 0.25) is 0 Å². The van der Waals surface area contributed by atoms with Crippen molar-refractivity contribution in [3.8, 4) is 0 Å². The molecule has 0 saturated carbocycles. The average molecular weight is 288 g/mol. The van der Waals surface area contributed by atoms with Crippen molar-refractivity contribution in [3.05, 3.63) is 0 Å². The Hall–Kier alpha value is -1.47. The van der Waals surface area contributed by atoms with Crippen LogP contribution in [-0.2, 0) is 14.4 Å². The summed E-state index contributed by atoms with van der Waals surface area (Å²) in [6.45, 7) is 5.39. The summed E-state index contributed by atoms with van der Waals surface area (Å²) in [4.78, 5) is 34.0. The number of ketones is 1. The van der Waals surface area contributed by atoms with Crippen LogP contribution in [0.25, 0.3) is 0 Å². The van der Waals surface area contributed by atoms with Crippen LogP contribution >= 0.6 is 0 Å². The van der Waals surface area contributed by atoms with Crippen molar-refractivity contribution in [2.24, 2.45) is 22.8 Å². The molecule has 0 fully saturated rings. The predicted molar refractivity (Wildman–Crippen MR) is 73.0 cm³/mol. The topological polar surface area (TPSA) is 144 Å². The number of Topliss-reactive ketones (excluding diaryl/α,β-unsaturated/α-hetero) is 1. The molecule has 0 aliphatic rings. The van der Waals surface area contributed by atoms with E-state index in [-0.39, 0.29) is 0 Å². The number of hydrogen-bond donors (Lipinski definition) is 4. The molecule has 0 aliphatic heterocycles. The van der Waals surface area contributed by atoms with E-state index >= 15 is 0 Å². The third kappa shape index (κ3) is 4.57. The second kappa shape index (κ2) is 7.35. The van der Waals surface area contributed by atoms with E-state index in [9.17, 15) is 19.5 Å². The van der Waals surface area contributed by atoms with Gasteiger partial charge in [-0.05, 0) is 11.8 Å². The molecule has 0 amide bonds. The summed E-state index contributed by atoms with van der Waals surface area (Å²) in [6, 6.07) is -3.24. The number of carbonyl (C=O) groups excluding carboxylic acids is 1. The maximum atomic E-state index is 11.9. The molecule has 0 rings (SSSR count). The smallest absolute Gasteiger partial charge is 0.328 e. The van der Waals surface area contributed by atoms with Crippen molar-refractivity contribution < 1.29 is 24.6 Å². The van der Waals surface area contributed by atoms with Gasteiger partial charge in [0.1, 0.15) is 0 Å². The molecule has 7 heteroatoms. The van der Waals surface area contributed by atoms with Gasteiger partial charge in [-0.15, -0.1) is 0 Å². The molecule has 0 heterocycles. The minimum absolute atomic E-state index is 0.573. The van der Waals surface area contributed by atoms with Gasteiger partial charge in [-0.2, -0.15) is 0 Å². The molecule has 0 aromatic carbocycles. The van der Waals surface area contributed by atoms with Gasteiger partial charge in [0.25, 0.3) is 0 Å². The van der Waals surface area contributed by atoms with Crippen molar-refractivity contribution in [2.75, 3.05) is 0 Å². The van der Waals surface area contributed by atoms with Gasteiger partial charge < -0.3 is 21.7 Å². The first kappa shape index (κ1) is 18.5. The number of rotatable bonds is 9. The van der Waals surface area contributed by atoms with E-state index in [0.29, 0.717) is 6.42 Å². The van der Waals surface area contributed by atoms with Gasteiger partial charge >= 0.3 is 11.9 Å². The van der Waals surface area contributed by atoms with Gasteiger partial charge in [0.05, 0.1) is 12.0 Å². The maximum absolute atomic E-state index is 11.9. The molecule has 0 aromatic heterocycles. The Morgan fingerprint density at radius 2 is 1.60 bits per heavy atom. The van der Waals surface area contributed by atoms with Crippen LogP contribution in [0.1, 0.15) is 40.0 Å². The van der Waals surface area contributed by atoms with Crippen LogP contribution in [0.5, 0.6) is 0 Å². The highest BCUT2D eigenvalue weighted by Gasteiger charge is 2.44. The number of hydrogen-bond acceptors (Lipinski definition) is 5. The zero-order chi connectivity index (χ0) is 16.1. The minimum Gasteiger partial charge on any atom is -0.481 e. The normalized spacial score (nSPS) is 16.2. The van der Waals surface area contributed by atoms with Crippen molar-refractivity contribution in [2.45, 2.75) is 52.1 Å². The summed E-state index contributed by atoms with van der Waals surface area (Å²) in [5.74, 6) is -4.87. The number of aliphatic carboxylic acids is 2. The number of carboxylic acids is 2. The summed E-state index contributed by atoms with van der Waals surface area (Å²) in [5.41, 5.74) is 10.2. The second-order valence-electron chi connectivity index (χ2n) is 5.65. The second-order valence-corrected chi connectivity index (χ2v) is 5.65. The van der Waals surface area contributed by atoms with Gasteiger partial charge in [0, 0.05) is 0 Å². The third-order valence-electron chi connectivity index (χ3n) is 3.54. The molecular formula is C13H24N2O5. The maximum Gasteiger partial charge on any atom is 0.328 e. The highest BCUT2D eigenvalue weighted by Crippen LogP contribution is 2.35. The van der Waals surface area contributed by atoms with E-state index < -0.39 is 41.1 Å². The molecule has 0 spiro atoms. The zero-order valence-corrected chi connectivity index (χ0v) is 12.1. The van der Waals surface area contributed by atoms with Crippen LogP contribution in [-0.4, -0.2) is 40.0 Å². The SMILES string of the molecule is CCCCC(C)(C)C(C(=O)O)[C@H](N)C(=O)C(N)C(=O)O. The lowest BCUT2D eigenvalue weighted by Gasteiger charge is -2.35. The number of unbranched alkanes of at least 4 members (excludes halogenated alkanes) is 1. The van der Waals surface area contributed by atoms with Crippen LogP contribution in [0.3, 0.4) is 0 Å². The Balaban J connectivity index is 5.23. The molecule has 2 unspecified atom stereocenters. The Kier molecular flexibility index (Phi) is 6.81. The van der Waals surface area contributed by atoms with E-state index in [1.165, 1.54) is 0 Å². The first-order valence-electron chi connectivity index (χ1n) is 6.56. The molecule has 0 bridgehead atoms. The Morgan fingerprint density at radius 3 is 1.95 bits per heavy atom. The van der Waals surface area contributed by atoms with E-state index in [1.54, 1.807) is 13.8 Å². The van der Waals surface area contributed by atoms with E-state index in [2.05, 4.69) is 0 Å². The number of carbonyl (C=O) groups is 3. The fourth-order valence-electron chi connectivity index (χ4n) is 2.26. The monoisotopic (exact) mass is 288 g/mol. The van der Waals surface area contributed by atoms with Crippen LogP contribution < -0.4 is 11.5 Å². The average Bonchev–Trinajstić information content (AvgIpc) is 2.33. The third-order valence-corrected chi connectivity index (χ3v) is 3.54. The van der Waals surface area contributed by atoms with Crippen molar-refractivity contribution in [1.82, 2.24) is 0 Å². The first-order chi connectivity index (χ1) is 9.06. The molecular weight excluding hydrogens is 264 g/mol. The molecule has 6 N–H and O–H groups in total. The predicted octanol–water partition coefficient (Wildman–Crippen LogP) is 0.212. The highest BCUT2D eigenvalue weighted by atomic mass is 16.4. The quantitative estimate of drug-likeness (QED) is 0.444. The van der Waals surface area contributed by atoms with E-state index in [0.717, 1.165) is 12.8 Å². The Bertz CT molecular complexity index is 381. The summed E-state index contributed by atoms with van der Waals surface area (Å²) in [6.07, 6.45) is 2.25. The Labute approximate surface area is 118 Å². The largest absolute Gasteiger partial charge is 0.481 e. The van der Waals surface area contributed by atoms with Crippen molar-refractivity contribution in [1.29, 1.82) is 0 Å². The first-order valence-corrected chi connectivity index (χ1v) is 6.56. The lowest BCUT2D eigenvalue weighted by molar-refractivity contribution is -0.152. The van der Waals surface area contributed by atoms with Crippen molar-refractivity contribution in [3.63, 3.8) is 0 Å². The van der Waals surface area contributed by atoms with Crippen LogP contribution in [0.4, 0.5) is 0 Å². The molecule has 3 atom stereocenters. The molecule has 0 saturated heterocycles. The minimum atomic E-state index is -1.80. The summed E-state index contributed by atoms with van der Waals surface area (Å²) >= 11 is 0. The fourth-order valence-corrected chi connectivity index (χ4v) is 2.26. The molecule has 0 aliphatic carbocycles. The van der Waals surface area contributed by atoms with Gasteiger partial charge in [0.2, 0.25) is 0 Å². The standard InChI is InChI=1S/C13H24N2O5/c1-4-5-6-13(2,3)7(11(17)18)8(14)10(16)9(15)12(19)20/h7-9H,4-6,14-15H2,1-3H3,(H,17,18)(H,19,20)/t7?,8-,9?/m0/s1. The number of carboxylic acid groups (broad SMARTS) is 2. The van der Waals surface area contributed by atoms with Crippen molar-refractivity contribution >= 4 is 17.7 Å². The van der Waals surface area contributed by atoms with Gasteiger partial charge in [0.15, 0.2) is 11.8 Å². The summed E-state index contributed by atoms with van der Waals surface area (Å²) in [7, 11) is 0. The molecule has 7 nitrogen and oxygen atoms in total. The Morgan fingerprint density at radius 1 is 1.10 bits per heavy atom. The highest BCUT2D eigenvalue weighted by molar-refractivity contribution is 6.06. The summed E-state index contributed by atoms with van der Waals surface area (Å²) < 4.78 is 0. The molecule has 0 aromatic rings. The summed E-state index contributed by atoms with van der Waals surface area (Å²) in [5, 5.41) is 18.0. The van der Waals surface area contributed by atoms with Gasteiger partial charge in [-0.3, -0.25) is 14.4 Å². The zero-order valence-electron chi connectivity index (χ0n) is 12.1. The van der Waals surface area contributed by atoms with E-state index in [1.807, 2.05) is 6.92 Å². The molecule has 116 valence electrons. The van der Waals surface area contributed by atoms with Crippen LogP contribution in [0, 0.1) is 11.3 Å². The molecule has 20 heavy (non-hydrogen) atoms. The van der Waals surface area contributed by atoms with Gasteiger partial charge in [-0.1, -0.05) is 33.6 Å². The fraction of sp³-hybridized carbons (Fsp3) is 0.769.